The Morgan fingerprint density at radius 3 is 2.72 bits per heavy atom. The number of urea groups is 1. The summed E-state index contributed by atoms with van der Waals surface area (Å²) in [6.45, 7) is 5.54. The molecule has 0 unspecified atom stereocenters. The van der Waals surface area contributed by atoms with Crippen LogP contribution in [0.15, 0.2) is 67.0 Å². The lowest BCUT2D eigenvalue weighted by Crippen LogP contribution is -2.35. The van der Waals surface area contributed by atoms with Crippen molar-refractivity contribution in [3.8, 4) is 16.9 Å². The van der Waals surface area contributed by atoms with Crippen LogP contribution in [0.1, 0.15) is 41.5 Å². The van der Waals surface area contributed by atoms with Crippen molar-refractivity contribution in [1.29, 1.82) is 0 Å². The number of aromatic nitrogens is 2. The second-order valence-corrected chi connectivity index (χ2v) is 13.1. The van der Waals surface area contributed by atoms with Crippen molar-refractivity contribution in [1.82, 2.24) is 15.1 Å². The summed E-state index contributed by atoms with van der Waals surface area (Å²) < 4.78 is 38.3. The van der Waals surface area contributed by atoms with Gasteiger partial charge < -0.3 is 20.3 Å². The third-order valence-electron chi connectivity index (χ3n) is 7.89. The van der Waals surface area contributed by atoms with Gasteiger partial charge in [0.15, 0.2) is 0 Å². The summed E-state index contributed by atoms with van der Waals surface area (Å²) in [6.07, 6.45) is 6.41. The van der Waals surface area contributed by atoms with E-state index in [0.29, 0.717) is 48.8 Å². The zero-order valence-electron chi connectivity index (χ0n) is 25.6. The number of carbonyl (C=O) groups excluding carboxylic acids is 2. The van der Waals surface area contributed by atoms with Gasteiger partial charge in [0.05, 0.1) is 19.3 Å². The lowest BCUT2D eigenvalue weighted by molar-refractivity contribution is -0.118. The molecule has 0 aliphatic carbocycles. The minimum absolute atomic E-state index is 0.0770. The van der Waals surface area contributed by atoms with E-state index < -0.39 is 22.0 Å². The fourth-order valence-electron chi connectivity index (χ4n) is 5.44. The van der Waals surface area contributed by atoms with Gasteiger partial charge in [-0.15, -0.1) is 0 Å². The first kappa shape index (κ1) is 33.0. The monoisotopic (exact) mass is 665 g/mol. The molecule has 0 spiro atoms. The first-order valence-corrected chi connectivity index (χ1v) is 16.9. The molecule has 0 saturated heterocycles. The summed E-state index contributed by atoms with van der Waals surface area (Å²) in [5.74, 6) is 0.0233. The highest BCUT2D eigenvalue weighted by atomic mass is 35.5. The summed E-state index contributed by atoms with van der Waals surface area (Å²) in [5.41, 5.74) is 7.30. The lowest BCUT2D eigenvalue weighted by Gasteiger charge is -2.31. The molecular weight excluding hydrogens is 630 g/mol. The molecule has 0 atom stereocenters. The van der Waals surface area contributed by atoms with Gasteiger partial charge in [-0.2, -0.15) is 13.5 Å². The second-order valence-electron chi connectivity index (χ2n) is 11.2. The van der Waals surface area contributed by atoms with Crippen LogP contribution >= 0.6 is 11.6 Å². The largest absolute Gasteiger partial charge is 0.493 e. The predicted molar refractivity (Wildman–Crippen MR) is 178 cm³/mol. The topological polar surface area (TPSA) is 143 Å². The van der Waals surface area contributed by atoms with Crippen LogP contribution in [0.4, 0.5) is 16.2 Å². The van der Waals surface area contributed by atoms with Crippen LogP contribution in [0.5, 0.6) is 5.75 Å². The maximum atomic E-state index is 13.3. The van der Waals surface area contributed by atoms with Crippen LogP contribution in [0.2, 0.25) is 5.02 Å². The highest BCUT2D eigenvalue weighted by Crippen LogP contribution is 2.36. The molecular formula is C33H36ClN5O6S. The molecule has 0 radical (unpaired) electrons. The van der Waals surface area contributed by atoms with E-state index in [1.165, 1.54) is 5.56 Å². The van der Waals surface area contributed by atoms with Gasteiger partial charge >= 0.3 is 6.03 Å². The number of carbonyl (C=O) groups is 2. The summed E-state index contributed by atoms with van der Waals surface area (Å²) in [6, 6.07) is 16.0. The van der Waals surface area contributed by atoms with E-state index in [1.54, 1.807) is 29.1 Å². The van der Waals surface area contributed by atoms with E-state index in [0.717, 1.165) is 46.5 Å². The van der Waals surface area contributed by atoms with Crippen molar-refractivity contribution in [3.05, 3.63) is 94.3 Å². The Balaban J connectivity index is 1.24. The number of anilines is 2. The number of ether oxygens (including phenoxy) is 1. The normalized spacial score (nSPS) is 12.8. The number of amides is 3. The number of fused-ring (bicyclic) bond motifs is 1. The zero-order chi connectivity index (χ0) is 32.8. The van der Waals surface area contributed by atoms with Crippen LogP contribution in [-0.2, 0) is 27.9 Å². The van der Waals surface area contributed by atoms with E-state index in [1.807, 2.05) is 48.4 Å². The van der Waals surface area contributed by atoms with E-state index in [-0.39, 0.29) is 5.91 Å². The molecule has 3 N–H and O–H groups in total. The Morgan fingerprint density at radius 1 is 1.11 bits per heavy atom. The van der Waals surface area contributed by atoms with Crippen molar-refractivity contribution in [2.45, 2.75) is 46.1 Å². The highest BCUT2D eigenvalue weighted by Gasteiger charge is 2.25. The first-order chi connectivity index (χ1) is 22.0. The number of hydrogen-bond donors (Lipinski definition) is 3. The van der Waals surface area contributed by atoms with E-state index >= 15 is 0 Å². The quantitative estimate of drug-likeness (QED) is 0.132. The summed E-state index contributed by atoms with van der Waals surface area (Å²) in [5, 5.41) is 9.58. The number of halogens is 1. The van der Waals surface area contributed by atoms with Gasteiger partial charge in [0.25, 0.3) is 10.1 Å². The minimum Gasteiger partial charge on any atom is -0.493 e. The molecule has 0 fully saturated rings. The Kier molecular flexibility index (Phi) is 10.3. The highest BCUT2D eigenvalue weighted by molar-refractivity contribution is 7.85. The van der Waals surface area contributed by atoms with E-state index in [4.69, 9.17) is 20.9 Å². The first-order valence-electron chi connectivity index (χ1n) is 14.9. The van der Waals surface area contributed by atoms with Crippen LogP contribution in [0.25, 0.3) is 11.1 Å². The van der Waals surface area contributed by atoms with Gasteiger partial charge in [0.1, 0.15) is 11.6 Å². The van der Waals surface area contributed by atoms with Crippen molar-refractivity contribution in [2.24, 2.45) is 0 Å². The van der Waals surface area contributed by atoms with Crippen molar-refractivity contribution < 1.29 is 27.3 Å². The molecule has 1 aromatic heterocycles. The molecule has 1 aliphatic rings. The Hall–Kier alpha value is -4.39. The van der Waals surface area contributed by atoms with E-state index in [2.05, 4.69) is 28.7 Å². The van der Waals surface area contributed by atoms with Gasteiger partial charge in [0.2, 0.25) is 5.91 Å². The van der Waals surface area contributed by atoms with Crippen molar-refractivity contribution in [3.63, 3.8) is 0 Å². The molecule has 3 aromatic carbocycles. The molecule has 0 bridgehead atoms. The molecule has 242 valence electrons. The second kappa shape index (κ2) is 14.4. The number of nitrogens with zero attached hydrogens (tertiary/aromatic N) is 3. The fraction of sp³-hybridized carbons (Fsp3) is 0.303. The maximum absolute atomic E-state index is 13.3. The van der Waals surface area contributed by atoms with Gasteiger partial charge in [-0.05, 0) is 91.3 Å². The predicted octanol–water partition coefficient (Wildman–Crippen LogP) is 5.97. The summed E-state index contributed by atoms with van der Waals surface area (Å²) in [4.78, 5) is 27.2. The van der Waals surface area contributed by atoms with Crippen LogP contribution in [0, 0.1) is 13.8 Å². The SMILES string of the molecule is Cc1cccc(OCCCC(=O)N2CCCc3c(-c4cnn(Cc5cc(NC(=O)NCS(=O)(=O)O)ccc5Cl)c4)cccc32)c1C. The number of nitrogens with one attached hydrogen (secondary N) is 2. The van der Waals surface area contributed by atoms with E-state index in [9.17, 15) is 18.0 Å². The van der Waals surface area contributed by atoms with Crippen LogP contribution in [0.3, 0.4) is 0 Å². The van der Waals surface area contributed by atoms with Crippen molar-refractivity contribution >= 4 is 45.0 Å². The van der Waals surface area contributed by atoms with Gasteiger partial charge in [-0.1, -0.05) is 35.9 Å². The lowest BCUT2D eigenvalue weighted by atomic mass is 9.93. The average Bonchev–Trinajstić information content (AvgIpc) is 3.49. The molecule has 0 saturated carbocycles. The smallest absolute Gasteiger partial charge is 0.320 e. The minimum atomic E-state index is -4.35. The standard InChI is InChI=1S/C33H36ClN5O6S/c1-22-7-3-11-31(23(22)2)45-16-6-12-32(40)39-15-5-9-28-27(8-4-10-30(28)39)25-18-36-38(20-25)19-24-17-26(13-14-29(24)34)37-33(41)35-21-46(42,43)44/h3-4,7-8,10-11,13-14,17-18,20H,5-6,9,12,15-16,19,21H2,1-2H3,(H2,35,37,41)(H,42,43,44). The molecule has 2 heterocycles. The third-order valence-corrected chi connectivity index (χ3v) is 8.77. The molecule has 3 amide bonds. The molecule has 11 nitrogen and oxygen atoms in total. The van der Waals surface area contributed by atoms with Gasteiger partial charge in [-0.25, -0.2) is 4.79 Å². The summed E-state index contributed by atoms with van der Waals surface area (Å²) >= 11 is 6.43. The van der Waals surface area contributed by atoms with Gasteiger partial charge in [0, 0.05) is 41.1 Å². The van der Waals surface area contributed by atoms with Crippen LogP contribution in [-0.4, -0.2) is 53.7 Å². The zero-order valence-corrected chi connectivity index (χ0v) is 27.2. The van der Waals surface area contributed by atoms with Gasteiger partial charge in [-0.3, -0.25) is 14.0 Å². The third kappa shape index (κ3) is 8.25. The molecule has 13 heteroatoms. The number of aryl methyl sites for hydroxylation is 1. The summed E-state index contributed by atoms with van der Waals surface area (Å²) in [7, 11) is -4.35. The number of rotatable bonds is 11. The fourth-order valence-corrected chi connectivity index (χ4v) is 5.94. The Labute approximate surface area is 273 Å². The number of hydrogen-bond acceptors (Lipinski definition) is 6. The number of benzene rings is 3. The molecule has 1 aliphatic heterocycles. The average molecular weight is 666 g/mol. The maximum Gasteiger partial charge on any atom is 0.320 e. The molecule has 4 aromatic rings. The Morgan fingerprint density at radius 2 is 1.91 bits per heavy atom. The molecule has 46 heavy (non-hydrogen) atoms. The van der Waals surface area contributed by atoms with Crippen LogP contribution < -0.4 is 20.3 Å². The Bertz CT molecular complexity index is 1860. The van der Waals surface area contributed by atoms with Crippen molar-refractivity contribution in [2.75, 3.05) is 29.2 Å². The molecule has 5 rings (SSSR count).